The number of benzene rings is 1. The van der Waals surface area contributed by atoms with Crippen molar-refractivity contribution in [3.63, 3.8) is 0 Å². The molecule has 0 saturated carbocycles. The average molecular weight is 683 g/mol. The summed E-state index contributed by atoms with van der Waals surface area (Å²) in [4.78, 5) is 84.8. The molecule has 2 aliphatic rings. The molecular weight excluding hydrogens is 644 g/mol. The highest BCUT2D eigenvalue weighted by atomic mass is 16.8. The molecule has 2 aliphatic heterocycles. The maximum atomic E-state index is 12.3. The number of ether oxygens (including phenoxy) is 10. The van der Waals surface area contributed by atoms with Crippen molar-refractivity contribution in [1.82, 2.24) is 0 Å². The summed E-state index contributed by atoms with van der Waals surface area (Å²) in [6, 6.07) is 6.13. The first-order valence-electron chi connectivity index (χ1n) is 14.8. The van der Waals surface area contributed by atoms with Gasteiger partial charge in [-0.2, -0.15) is 0 Å². The Morgan fingerprint density at radius 1 is 0.604 bits per heavy atom. The van der Waals surface area contributed by atoms with E-state index < -0.39 is 97.7 Å². The smallest absolute Gasteiger partial charge is 0.303 e. The van der Waals surface area contributed by atoms with Crippen LogP contribution in [-0.2, 0) is 71.4 Å². The maximum absolute atomic E-state index is 12.3. The van der Waals surface area contributed by atoms with Crippen molar-refractivity contribution in [2.24, 2.45) is 0 Å². The highest BCUT2D eigenvalue weighted by Crippen LogP contribution is 2.33. The van der Waals surface area contributed by atoms with Crippen LogP contribution in [0.25, 0.3) is 0 Å². The van der Waals surface area contributed by atoms with Crippen molar-refractivity contribution in [3.8, 4) is 5.75 Å². The van der Waals surface area contributed by atoms with E-state index in [-0.39, 0.29) is 23.7 Å². The SMILES string of the molecule is CC(=O)OC1COC(OCC2OC(Oc3ccccc3C(C)=O)C(OC(C)=O)C(OC(C)=O)C2OC(C)=O)C(OC(C)=O)C1OC(C)=O. The topological polar surface area (TPSA) is 212 Å². The minimum absolute atomic E-state index is 0.0330. The number of ketones is 1. The quantitative estimate of drug-likeness (QED) is 0.171. The van der Waals surface area contributed by atoms with E-state index in [1.807, 2.05) is 0 Å². The Hall–Kier alpha value is -4.61. The number of carbonyl (C=O) groups excluding carboxylic acids is 7. The Morgan fingerprint density at radius 2 is 1.08 bits per heavy atom. The Bertz CT molecular complexity index is 1370. The van der Waals surface area contributed by atoms with Crippen molar-refractivity contribution >= 4 is 41.6 Å². The third-order valence-corrected chi connectivity index (χ3v) is 6.74. The molecule has 1 aromatic rings. The fraction of sp³-hybridized carbons (Fsp3) is 0.581. The summed E-state index contributed by atoms with van der Waals surface area (Å²) in [5, 5.41) is 0. The van der Waals surface area contributed by atoms with Crippen LogP contribution in [0.15, 0.2) is 24.3 Å². The number of carbonyl (C=O) groups is 7. The molecule has 9 atom stereocenters. The van der Waals surface area contributed by atoms with Crippen LogP contribution in [0.4, 0.5) is 0 Å². The zero-order chi connectivity index (χ0) is 35.7. The van der Waals surface area contributed by atoms with Gasteiger partial charge in [-0.25, -0.2) is 0 Å². The fourth-order valence-electron chi connectivity index (χ4n) is 5.11. The zero-order valence-corrected chi connectivity index (χ0v) is 27.4. The molecule has 0 spiro atoms. The number of Topliss-reactive ketones (excluding diaryl/α,β-unsaturated/α-hetero) is 1. The molecule has 0 aromatic heterocycles. The molecule has 2 saturated heterocycles. The third kappa shape index (κ3) is 10.4. The van der Waals surface area contributed by atoms with Gasteiger partial charge in [0.2, 0.25) is 12.4 Å². The summed E-state index contributed by atoms with van der Waals surface area (Å²) in [6.45, 7) is 6.94. The highest BCUT2D eigenvalue weighted by molar-refractivity contribution is 5.96. The number of para-hydroxylation sites is 1. The van der Waals surface area contributed by atoms with Crippen LogP contribution in [0.1, 0.15) is 58.8 Å². The standard InChI is InChI=1S/C31H38O17/c1-14(32)21-10-8-9-11-22(21)47-31-29(46-20(7)38)27(44-18(5)36)25(42-16(3)34)24(48-31)13-40-30-28(45-19(6)37)26(43-17(4)35)23(12-39-30)41-15(2)33/h8-11,23-31H,12-13H2,1-7H3. The molecule has 0 bridgehead atoms. The molecule has 0 amide bonds. The Balaban J connectivity index is 2.01. The highest BCUT2D eigenvalue weighted by Gasteiger charge is 2.54. The minimum atomic E-state index is -1.57. The van der Waals surface area contributed by atoms with Gasteiger partial charge in [0, 0.05) is 41.5 Å². The second-order valence-corrected chi connectivity index (χ2v) is 10.8. The monoisotopic (exact) mass is 682 g/mol. The summed E-state index contributed by atoms with van der Waals surface area (Å²) in [5.74, 6) is -5.16. The summed E-state index contributed by atoms with van der Waals surface area (Å²) < 4.78 is 56.1. The van der Waals surface area contributed by atoms with Gasteiger partial charge >= 0.3 is 35.8 Å². The van der Waals surface area contributed by atoms with Gasteiger partial charge in [0.15, 0.2) is 42.6 Å². The van der Waals surface area contributed by atoms with Crippen molar-refractivity contribution in [1.29, 1.82) is 0 Å². The number of esters is 6. The van der Waals surface area contributed by atoms with E-state index in [2.05, 4.69) is 0 Å². The van der Waals surface area contributed by atoms with Gasteiger partial charge in [-0.05, 0) is 19.1 Å². The molecule has 0 N–H and O–H groups in total. The molecule has 264 valence electrons. The predicted molar refractivity (Wildman–Crippen MR) is 155 cm³/mol. The molecule has 3 rings (SSSR count). The van der Waals surface area contributed by atoms with Crippen molar-refractivity contribution < 1.29 is 80.9 Å². The number of hydrogen-bond acceptors (Lipinski definition) is 17. The zero-order valence-electron chi connectivity index (χ0n) is 27.4. The first-order chi connectivity index (χ1) is 22.6. The lowest BCUT2D eigenvalue weighted by Crippen LogP contribution is -2.64. The van der Waals surface area contributed by atoms with E-state index in [1.165, 1.54) is 19.1 Å². The molecule has 17 heteroatoms. The number of rotatable bonds is 12. The van der Waals surface area contributed by atoms with Crippen molar-refractivity contribution in [2.45, 2.75) is 104 Å². The van der Waals surface area contributed by atoms with E-state index in [0.717, 1.165) is 41.5 Å². The fourth-order valence-corrected chi connectivity index (χ4v) is 5.11. The molecule has 48 heavy (non-hydrogen) atoms. The second kappa shape index (κ2) is 17.0. The Kier molecular flexibility index (Phi) is 13.4. The maximum Gasteiger partial charge on any atom is 0.303 e. The second-order valence-electron chi connectivity index (χ2n) is 10.8. The summed E-state index contributed by atoms with van der Waals surface area (Å²) in [5.41, 5.74) is 0.153. The first-order valence-corrected chi connectivity index (χ1v) is 14.8. The van der Waals surface area contributed by atoms with Crippen LogP contribution in [0.2, 0.25) is 0 Å². The lowest BCUT2D eigenvalue weighted by Gasteiger charge is -2.45. The van der Waals surface area contributed by atoms with Gasteiger partial charge in [0.25, 0.3) is 0 Å². The largest absolute Gasteiger partial charge is 0.460 e. The van der Waals surface area contributed by atoms with E-state index in [0.29, 0.717) is 0 Å². The minimum Gasteiger partial charge on any atom is -0.460 e. The first kappa shape index (κ1) is 37.8. The van der Waals surface area contributed by atoms with E-state index in [1.54, 1.807) is 12.1 Å². The normalized spacial score (nSPS) is 28.2. The predicted octanol–water partition coefficient (Wildman–Crippen LogP) is 0.956. The van der Waals surface area contributed by atoms with Gasteiger partial charge < -0.3 is 47.4 Å². The summed E-state index contributed by atoms with van der Waals surface area (Å²) in [7, 11) is 0. The van der Waals surface area contributed by atoms with Gasteiger partial charge in [0.1, 0.15) is 11.9 Å². The molecule has 1 aromatic carbocycles. The van der Waals surface area contributed by atoms with Crippen LogP contribution < -0.4 is 4.74 Å². The molecule has 17 nitrogen and oxygen atoms in total. The van der Waals surface area contributed by atoms with Gasteiger partial charge in [0.05, 0.1) is 18.8 Å². The van der Waals surface area contributed by atoms with Gasteiger partial charge in [-0.1, -0.05) is 12.1 Å². The summed E-state index contributed by atoms with van der Waals surface area (Å²) in [6.07, 6.45) is -12.9. The summed E-state index contributed by atoms with van der Waals surface area (Å²) >= 11 is 0. The molecule has 0 aliphatic carbocycles. The lowest BCUT2D eigenvalue weighted by atomic mass is 9.97. The van der Waals surface area contributed by atoms with Crippen LogP contribution in [0.3, 0.4) is 0 Å². The molecule has 2 heterocycles. The average Bonchev–Trinajstić information content (AvgIpc) is 2.96. The Morgan fingerprint density at radius 3 is 1.62 bits per heavy atom. The number of hydrogen-bond donors (Lipinski definition) is 0. The molecule has 2 fully saturated rings. The molecule has 0 radical (unpaired) electrons. The third-order valence-electron chi connectivity index (χ3n) is 6.74. The van der Waals surface area contributed by atoms with Crippen molar-refractivity contribution in [2.75, 3.05) is 13.2 Å². The van der Waals surface area contributed by atoms with Crippen LogP contribution >= 0.6 is 0 Å². The molecular formula is C31H38O17. The van der Waals surface area contributed by atoms with Gasteiger partial charge in [-0.15, -0.1) is 0 Å². The van der Waals surface area contributed by atoms with E-state index in [9.17, 15) is 33.6 Å². The Labute approximate surface area is 275 Å². The van der Waals surface area contributed by atoms with E-state index in [4.69, 9.17) is 47.4 Å². The van der Waals surface area contributed by atoms with Gasteiger partial charge in [-0.3, -0.25) is 33.6 Å². The van der Waals surface area contributed by atoms with Crippen molar-refractivity contribution in [3.05, 3.63) is 29.8 Å². The van der Waals surface area contributed by atoms with Crippen LogP contribution in [0.5, 0.6) is 5.75 Å². The van der Waals surface area contributed by atoms with Crippen LogP contribution in [-0.4, -0.2) is 110 Å². The van der Waals surface area contributed by atoms with E-state index >= 15 is 0 Å². The molecule has 9 unspecified atom stereocenters. The van der Waals surface area contributed by atoms with Crippen LogP contribution in [0, 0.1) is 0 Å². The lowest BCUT2D eigenvalue weighted by molar-refractivity contribution is -0.313.